The van der Waals surface area contributed by atoms with E-state index >= 15 is 0 Å². The summed E-state index contributed by atoms with van der Waals surface area (Å²) in [5.74, 6) is -0.0794. The highest BCUT2D eigenvalue weighted by Crippen LogP contribution is 2.16. The predicted octanol–water partition coefficient (Wildman–Crippen LogP) is 1.86. The number of nitrogens with one attached hydrogen (secondary N) is 1. The summed E-state index contributed by atoms with van der Waals surface area (Å²) in [6.45, 7) is 9.24. The maximum atomic E-state index is 12.2. The largest absolute Gasteiger partial charge is 0.380 e. The molecule has 0 aliphatic heterocycles. The third-order valence-electron chi connectivity index (χ3n) is 2.51. The van der Waals surface area contributed by atoms with Crippen molar-refractivity contribution in [1.82, 2.24) is 15.1 Å². The van der Waals surface area contributed by atoms with Gasteiger partial charge in [-0.15, -0.1) is 10.2 Å². The smallest absolute Gasteiger partial charge is 0.284 e. The number of anilines is 1. The van der Waals surface area contributed by atoms with Gasteiger partial charge in [-0.3, -0.25) is 4.79 Å². The van der Waals surface area contributed by atoms with Gasteiger partial charge in [0.2, 0.25) is 10.1 Å². The number of rotatable bonds is 9. The summed E-state index contributed by atoms with van der Waals surface area (Å²) in [4.78, 5) is 13.9. The minimum atomic E-state index is -0.0794. The van der Waals surface area contributed by atoms with Gasteiger partial charge in [0, 0.05) is 26.2 Å². The molecule has 0 radical (unpaired) electrons. The van der Waals surface area contributed by atoms with Crippen molar-refractivity contribution in [3.63, 3.8) is 0 Å². The number of hydrogen-bond donors (Lipinski definition) is 1. The van der Waals surface area contributed by atoms with Gasteiger partial charge in [0.05, 0.1) is 6.61 Å². The molecule has 0 atom stereocenters. The highest BCUT2D eigenvalue weighted by atomic mass is 32.1. The van der Waals surface area contributed by atoms with Crippen LogP contribution in [0, 0.1) is 0 Å². The zero-order valence-corrected chi connectivity index (χ0v) is 12.6. The van der Waals surface area contributed by atoms with Crippen LogP contribution < -0.4 is 5.32 Å². The van der Waals surface area contributed by atoms with Crippen LogP contribution in [-0.2, 0) is 4.74 Å². The van der Waals surface area contributed by atoms with E-state index < -0.39 is 0 Å². The quantitative estimate of drug-likeness (QED) is 0.702. The molecule has 1 aromatic heterocycles. The van der Waals surface area contributed by atoms with Crippen molar-refractivity contribution in [2.24, 2.45) is 0 Å². The molecule has 108 valence electrons. The standard InChI is InChI=1S/C12H22N4O2S/c1-4-7-13-12-15-14-10(19-12)11(17)16(5-2)8-9-18-6-3/h4-9H2,1-3H3,(H,13,15). The van der Waals surface area contributed by atoms with E-state index in [1.807, 2.05) is 13.8 Å². The molecular formula is C12H22N4O2S. The van der Waals surface area contributed by atoms with Gasteiger partial charge in [0.25, 0.3) is 5.91 Å². The summed E-state index contributed by atoms with van der Waals surface area (Å²) in [5, 5.41) is 12.2. The lowest BCUT2D eigenvalue weighted by Gasteiger charge is -2.18. The number of carbonyl (C=O) groups excluding carboxylic acids is 1. The molecule has 0 unspecified atom stereocenters. The monoisotopic (exact) mass is 286 g/mol. The van der Waals surface area contributed by atoms with Crippen molar-refractivity contribution in [2.75, 3.05) is 38.2 Å². The number of likely N-dealkylation sites (N-methyl/N-ethyl adjacent to an activating group) is 1. The van der Waals surface area contributed by atoms with E-state index in [2.05, 4.69) is 22.4 Å². The summed E-state index contributed by atoms with van der Waals surface area (Å²) in [7, 11) is 0. The van der Waals surface area contributed by atoms with Crippen LogP contribution in [0.25, 0.3) is 0 Å². The maximum Gasteiger partial charge on any atom is 0.284 e. The highest BCUT2D eigenvalue weighted by molar-refractivity contribution is 7.17. The molecule has 0 aliphatic carbocycles. The van der Waals surface area contributed by atoms with Crippen LogP contribution in [0.4, 0.5) is 5.13 Å². The van der Waals surface area contributed by atoms with Crippen molar-refractivity contribution in [3.8, 4) is 0 Å². The third kappa shape index (κ3) is 5.12. The summed E-state index contributed by atoms with van der Waals surface area (Å²) in [5.41, 5.74) is 0. The number of aromatic nitrogens is 2. The Morgan fingerprint density at radius 1 is 1.37 bits per heavy atom. The van der Waals surface area contributed by atoms with Crippen molar-refractivity contribution in [3.05, 3.63) is 5.01 Å². The summed E-state index contributed by atoms with van der Waals surface area (Å²) >= 11 is 1.30. The van der Waals surface area contributed by atoms with E-state index in [4.69, 9.17) is 4.74 Å². The summed E-state index contributed by atoms with van der Waals surface area (Å²) in [6.07, 6.45) is 1.01. The molecular weight excluding hydrogens is 264 g/mol. The van der Waals surface area contributed by atoms with Crippen LogP contribution in [0.1, 0.15) is 37.0 Å². The molecule has 1 N–H and O–H groups in total. The topological polar surface area (TPSA) is 67.4 Å². The molecule has 1 amide bonds. The van der Waals surface area contributed by atoms with Crippen LogP contribution in [0.3, 0.4) is 0 Å². The van der Waals surface area contributed by atoms with Gasteiger partial charge in [-0.1, -0.05) is 18.3 Å². The van der Waals surface area contributed by atoms with Crippen molar-refractivity contribution in [2.45, 2.75) is 27.2 Å². The van der Waals surface area contributed by atoms with E-state index in [1.165, 1.54) is 11.3 Å². The Morgan fingerprint density at radius 2 is 2.16 bits per heavy atom. The fourth-order valence-corrected chi connectivity index (χ4v) is 2.21. The maximum absolute atomic E-state index is 12.2. The van der Waals surface area contributed by atoms with Crippen LogP contribution >= 0.6 is 11.3 Å². The first-order valence-corrected chi connectivity index (χ1v) is 7.48. The van der Waals surface area contributed by atoms with Gasteiger partial charge in [0.15, 0.2) is 0 Å². The lowest BCUT2D eigenvalue weighted by atomic mass is 10.4. The number of amides is 1. The van der Waals surface area contributed by atoms with E-state index in [1.54, 1.807) is 4.90 Å². The Labute approximate surface area is 118 Å². The first-order chi connectivity index (χ1) is 9.22. The Bertz CT molecular complexity index is 384. The SMILES string of the molecule is CCCNc1nnc(C(=O)N(CC)CCOCC)s1. The fraction of sp³-hybridized carbons (Fsp3) is 0.750. The number of carbonyl (C=O) groups is 1. The molecule has 0 fully saturated rings. The summed E-state index contributed by atoms with van der Waals surface area (Å²) in [6, 6.07) is 0. The zero-order valence-electron chi connectivity index (χ0n) is 11.8. The Hall–Kier alpha value is -1.21. The predicted molar refractivity (Wildman–Crippen MR) is 76.8 cm³/mol. The average Bonchev–Trinajstić information content (AvgIpc) is 2.89. The van der Waals surface area contributed by atoms with E-state index in [9.17, 15) is 4.79 Å². The Morgan fingerprint density at radius 3 is 2.79 bits per heavy atom. The minimum Gasteiger partial charge on any atom is -0.380 e. The van der Waals surface area contributed by atoms with Gasteiger partial charge in [-0.25, -0.2) is 0 Å². The summed E-state index contributed by atoms with van der Waals surface area (Å²) < 4.78 is 5.27. The molecule has 0 spiro atoms. The van der Waals surface area contributed by atoms with Crippen molar-refractivity contribution in [1.29, 1.82) is 0 Å². The van der Waals surface area contributed by atoms with Gasteiger partial charge < -0.3 is 15.0 Å². The van der Waals surface area contributed by atoms with Gasteiger partial charge in [-0.05, 0) is 20.3 Å². The second-order valence-corrected chi connectivity index (χ2v) is 4.90. The second-order valence-electron chi connectivity index (χ2n) is 3.92. The fourth-order valence-electron chi connectivity index (χ4n) is 1.47. The molecule has 1 rings (SSSR count). The van der Waals surface area contributed by atoms with E-state index in [0.717, 1.165) is 13.0 Å². The van der Waals surface area contributed by atoms with Gasteiger partial charge in [-0.2, -0.15) is 0 Å². The van der Waals surface area contributed by atoms with Gasteiger partial charge in [0.1, 0.15) is 0 Å². The Kier molecular flexibility index (Phi) is 7.35. The van der Waals surface area contributed by atoms with Crippen LogP contribution in [0.2, 0.25) is 0 Å². The average molecular weight is 286 g/mol. The van der Waals surface area contributed by atoms with Crippen LogP contribution in [0.15, 0.2) is 0 Å². The molecule has 0 aromatic carbocycles. The molecule has 1 heterocycles. The minimum absolute atomic E-state index is 0.0794. The number of hydrogen-bond acceptors (Lipinski definition) is 6. The second kappa shape index (κ2) is 8.82. The third-order valence-corrected chi connectivity index (χ3v) is 3.38. The molecule has 1 aromatic rings. The molecule has 0 saturated heterocycles. The molecule has 0 saturated carbocycles. The number of ether oxygens (including phenoxy) is 1. The molecule has 7 heteroatoms. The van der Waals surface area contributed by atoms with Crippen LogP contribution in [0.5, 0.6) is 0 Å². The van der Waals surface area contributed by atoms with E-state index in [-0.39, 0.29) is 5.91 Å². The van der Waals surface area contributed by atoms with Crippen molar-refractivity contribution >= 4 is 22.4 Å². The lowest BCUT2D eigenvalue weighted by molar-refractivity contribution is 0.0668. The van der Waals surface area contributed by atoms with Crippen LogP contribution in [-0.4, -0.2) is 53.9 Å². The molecule has 19 heavy (non-hydrogen) atoms. The lowest BCUT2D eigenvalue weighted by Crippen LogP contribution is -2.33. The van der Waals surface area contributed by atoms with E-state index in [0.29, 0.717) is 36.4 Å². The first kappa shape index (κ1) is 15.8. The molecule has 0 bridgehead atoms. The normalized spacial score (nSPS) is 10.5. The van der Waals surface area contributed by atoms with Gasteiger partial charge >= 0.3 is 0 Å². The molecule has 0 aliphatic rings. The Balaban J connectivity index is 2.56. The highest BCUT2D eigenvalue weighted by Gasteiger charge is 2.18. The molecule has 6 nitrogen and oxygen atoms in total. The number of nitrogens with zero attached hydrogens (tertiary/aromatic N) is 3. The van der Waals surface area contributed by atoms with Crippen molar-refractivity contribution < 1.29 is 9.53 Å². The first-order valence-electron chi connectivity index (χ1n) is 6.67. The zero-order chi connectivity index (χ0) is 14.1.